The third kappa shape index (κ3) is 5.14. The standard InChI is InChI=1S/C25H30ClN5O4S/c1-31-7-6-16-22(12-31)36-25(30-16)24(33)29-18-11-21(35-3)20(34-2)10-17(18)28-23(32)19-9-13-8-14(26)4-5-15(13)27-19/h4-5,8-9,17-18,20-21,27H,6-7,10-12H2,1-3H3,(H,28,32)(H,29,33)/t17?,18?,20-,21?/m1/s1. The van der Waals surface area contributed by atoms with Crippen molar-refractivity contribution in [2.45, 2.75) is 50.1 Å². The van der Waals surface area contributed by atoms with Crippen LogP contribution < -0.4 is 10.6 Å². The third-order valence-electron chi connectivity index (χ3n) is 7.06. The molecule has 192 valence electrons. The number of nitrogens with zero attached hydrogens (tertiary/aromatic N) is 2. The Morgan fingerprint density at radius 3 is 2.50 bits per heavy atom. The highest BCUT2D eigenvalue weighted by Gasteiger charge is 2.40. The van der Waals surface area contributed by atoms with Crippen molar-refractivity contribution in [1.82, 2.24) is 25.5 Å². The van der Waals surface area contributed by atoms with E-state index in [1.54, 1.807) is 26.4 Å². The van der Waals surface area contributed by atoms with Gasteiger partial charge in [-0.1, -0.05) is 11.6 Å². The Morgan fingerprint density at radius 2 is 1.81 bits per heavy atom. The topological polar surface area (TPSA) is 109 Å². The molecule has 1 aliphatic carbocycles. The number of hydrogen-bond donors (Lipinski definition) is 3. The van der Waals surface area contributed by atoms with Gasteiger partial charge in [0.2, 0.25) is 0 Å². The number of fused-ring (bicyclic) bond motifs is 2. The van der Waals surface area contributed by atoms with E-state index in [9.17, 15) is 9.59 Å². The average Bonchev–Trinajstić information content (AvgIpc) is 3.48. The fourth-order valence-corrected chi connectivity index (χ4v) is 6.34. The van der Waals surface area contributed by atoms with Crippen LogP contribution in [0.4, 0.5) is 0 Å². The molecule has 0 radical (unpaired) electrons. The number of likely N-dealkylation sites (N-methyl/N-ethyl adjacent to an activating group) is 1. The monoisotopic (exact) mass is 531 g/mol. The molecule has 1 fully saturated rings. The first kappa shape index (κ1) is 25.2. The van der Waals surface area contributed by atoms with Crippen LogP contribution >= 0.6 is 22.9 Å². The molecule has 3 aromatic rings. The molecule has 2 aliphatic rings. The van der Waals surface area contributed by atoms with Gasteiger partial charge in [0, 0.05) is 54.5 Å². The number of amides is 2. The molecular formula is C25H30ClN5O4S. The summed E-state index contributed by atoms with van der Waals surface area (Å²) in [5.74, 6) is -0.489. The van der Waals surface area contributed by atoms with E-state index in [1.807, 2.05) is 12.1 Å². The molecule has 2 amide bonds. The number of carbonyl (C=O) groups excluding carboxylic acids is 2. The highest BCUT2D eigenvalue weighted by Crippen LogP contribution is 2.28. The van der Waals surface area contributed by atoms with Crippen LogP contribution in [0.3, 0.4) is 0 Å². The molecule has 36 heavy (non-hydrogen) atoms. The third-order valence-corrected chi connectivity index (χ3v) is 8.37. The van der Waals surface area contributed by atoms with Gasteiger partial charge >= 0.3 is 0 Å². The summed E-state index contributed by atoms with van der Waals surface area (Å²) in [7, 11) is 5.33. The molecule has 1 aliphatic heterocycles. The first-order valence-electron chi connectivity index (χ1n) is 12.0. The predicted molar refractivity (Wildman–Crippen MR) is 139 cm³/mol. The summed E-state index contributed by atoms with van der Waals surface area (Å²) in [6.45, 7) is 1.74. The summed E-state index contributed by atoms with van der Waals surface area (Å²) < 4.78 is 11.3. The van der Waals surface area contributed by atoms with E-state index in [4.69, 9.17) is 21.1 Å². The molecule has 0 saturated heterocycles. The Labute approximate surface area is 218 Å². The number of carbonyl (C=O) groups is 2. The van der Waals surface area contributed by atoms with E-state index in [0.717, 1.165) is 41.0 Å². The number of benzene rings is 1. The Kier molecular flexibility index (Phi) is 7.32. The molecule has 3 N–H and O–H groups in total. The van der Waals surface area contributed by atoms with Gasteiger partial charge in [-0.3, -0.25) is 9.59 Å². The van der Waals surface area contributed by atoms with Gasteiger partial charge in [0.1, 0.15) is 5.69 Å². The van der Waals surface area contributed by atoms with E-state index in [-0.39, 0.29) is 36.1 Å². The van der Waals surface area contributed by atoms with Crippen LogP contribution in [0.2, 0.25) is 5.02 Å². The minimum Gasteiger partial charge on any atom is -0.379 e. The average molecular weight is 532 g/mol. The molecule has 5 rings (SSSR count). The fourth-order valence-electron chi connectivity index (χ4n) is 5.07. The van der Waals surface area contributed by atoms with Crippen molar-refractivity contribution in [1.29, 1.82) is 0 Å². The molecular weight excluding hydrogens is 502 g/mol. The van der Waals surface area contributed by atoms with Crippen molar-refractivity contribution in [3.63, 3.8) is 0 Å². The normalized spacial score (nSPS) is 24.4. The second kappa shape index (κ2) is 10.5. The Bertz CT molecular complexity index is 1280. The van der Waals surface area contributed by atoms with E-state index in [2.05, 4.69) is 32.5 Å². The van der Waals surface area contributed by atoms with Crippen LogP contribution in [-0.2, 0) is 22.4 Å². The number of nitrogens with one attached hydrogen (secondary N) is 3. The number of rotatable bonds is 6. The van der Waals surface area contributed by atoms with Gasteiger partial charge in [-0.15, -0.1) is 11.3 Å². The maximum Gasteiger partial charge on any atom is 0.280 e. The first-order chi connectivity index (χ1) is 17.3. The van der Waals surface area contributed by atoms with E-state index in [1.165, 1.54) is 11.3 Å². The molecule has 1 aromatic carbocycles. The second-order valence-corrected chi connectivity index (χ2v) is 11.0. The van der Waals surface area contributed by atoms with Gasteiger partial charge in [-0.25, -0.2) is 4.98 Å². The number of ether oxygens (including phenoxy) is 2. The van der Waals surface area contributed by atoms with E-state index in [0.29, 0.717) is 28.6 Å². The van der Waals surface area contributed by atoms with Crippen LogP contribution in [0.25, 0.3) is 10.9 Å². The SMILES string of the molecule is COC1CC(NC(=O)c2nc3c(s2)CN(C)CC3)C(NC(=O)c2cc3cc(Cl)ccc3[nH]2)C[C@H]1OC. The van der Waals surface area contributed by atoms with Crippen LogP contribution in [0.5, 0.6) is 0 Å². The number of H-pyrrole nitrogens is 1. The van der Waals surface area contributed by atoms with Gasteiger partial charge in [-0.2, -0.15) is 0 Å². The zero-order chi connectivity index (χ0) is 25.4. The van der Waals surface area contributed by atoms with Crippen molar-refractivity contribution in [2.75, 3.05) is 27.8 Å². The lowest BCUT2D eigenvalue weighted by atomic mass is 9.85. The summed E-state index contributed by atoms with van der Waals surface area (Å²) in [6, 6.07) is 6.50. The Morgan fingerprint density at radius 1 is 1.11 bits per heavy atom. The molecule has 0 bridgehead atoms. The van der Waals surface area contributed by atoms with Gasteiger partial charge in [-0.05, 0) is 44.2 Å². The van der Waals surface area contributed by atoms with Crippen LogP contribution in [0.1, 0.15) is 43.7 Å². The Hall–Kier alpha value is -2.50. The number of aromatic amines is 1. The van der Waals surface area contributed by atoms with Gasteiger partial charge in [0.25, 0.3) is 11.8 Å². The highest BCUT2D eigenvalue weighted by molar-refractivity contribution is 7.13. The lowest BCUT2D eigenvalue weighted by Crippen LogP contribution is -2.59. The van der Waals surface area contributed by atoms with E-state index < -0.39 is 0 Å². The minimum atomic E-state index is -0.353. The smallest absolute Gasteiger partial charge is 0.280 e. The van der Waals surface area contributed by atoms with Crippen LogP contribution in [0, 0.1) is 0 Å². The summed E-state index contributed by atoms with van der Waals surface area (Å²) in [5.41, 5.74) is 2.26. The molecule has 11 heteroatoms. The second-order valence-electron chi connectivity index (χ2n) is 9.47. The molecule has 3 unspecified atom stereocenters. The minimum absolute atomic E-state index is 0.207. The van der Waals surface area contributed by atoms with Crippen molar-refractivity contribution < 1.29 is 19.1 Å². The van der Waals surface area contributed by atoms with Crippen molar-refractivity contribution in [3.05, 3.63) is 50.6 Å². The summed E-state index contributed by atoms with van der Waals surface area (Å²) in [6.07, 6.45) is 1.42. The Balaban J connectivity index is 1.34. The van der Waals surface area contributed by atoms with Crippen molar-refractivity contribution >= 4 is 45.7 Å². The summed E-state index contributed by atoms with van der Waals surface area (Å²) >= 11 is 7.53. The van der Waals surface area contributed by atoms with Gasteiger partial charge in [0.05, 0.1) is 30.0 Å². The fraction of sp³-hybridized carbons (Fsp3) is 0.480. The number of halogens is 1. The molecule has 4 atom stereocenters. The van der Waals surface area contributed by atoms with Gasteiger partial charge < -0.3 is 30.0 Å². The first-order valence-corrected chi connectivity index (χ1v) is 13.2. The number of thiazole rings is 1. The highest BCUT2D eigenvalue weighted by atomic mass is 35.5. The largest absolute Gasteiger partial charge is 0.379 e. The number of aromatic nitrogens is 2. The predicted octanol–water partition coefficient (Wildman–Crippen LogP) is 2.99. The molecule has 3 heterocycles. The van der Waals surface area contributed by atoms with Gasteiger partial charge in [0.15, 0.2) is 5.01 Å². The summed E-state index contributed by atoms with van der Waals surface area (Å²) in [5, 5.41) is 8.14. The van der Waals surface area contributed by atoms with Crippen LogP contribution in [0.15, 0.2) is 24.3 Å². The number of hydrogen-bond acceptors (Lipinski definition) is 7. The zero-order valence-corrected chi connectivity index (χ0v) is 22.0. The lowest BCUT2D eigenvalue weighted by molar-refractivity contribution is -0.0709. The molecule has 1 saturated carbocycles. The van der Waals surface area contributed by atoms with E-state index >= 15 is 0 Å². The zero-order valence-electron chi connectivity index (χ0n) is 20.5. The molecule has 0 spiro atoms. The molecule has 2 aromatic heterocycles. The summed E-state index contributed by atoms with van der Waals surface area (Å²) in [4.78, 5) is 37.5. The molecule has 9 nitrogen and oxygen atoms in total. The quantitative estimate of drug-likeness (QED) is 0.451. The lowest BCUT2D eigenvalue weighted by Gasteiger charge is -2.40. The van der Waals surface area contributed by atoms with Crippen molar-refractivity contribution in [2.24, 2.45) is 0 Å². The maximum absolute atomic E-state index is 13.2. The maximum atomic E-state index is 13.2. The number of methoxy groups -OCH3 is 2. The van der Waals surface area contributed by atoms with Crippen LogP contribution in [-0.4, -0.2) is 78.8 Å². The van der Waals surface area contributed by atoms with Crippen molar-refractivity contribution in [3.8, 4) is 0 Å².